The average molecular weight is 562 g/mol. The van der Waals surface area contributed by atoms with Crippen molar-refractivity contribution >= 4 is 40.7 Å². The number of halogens is 3. The molecule has 3 aliphatic heterocycles. The van der Waals surface area contributed by atoms with Crippen LogP contribution in [-0.4, -0.2) is 53.9 Å². The van der Waals surface area contributed by atoms with E-state index in [2.05, 4.69) is 16.0 Å². The highest BCUT2D eigenvalue weighted by Crippen LogP contribution is 2.61. The van der Waals surface area contributed by atoms with Gasteiger partial charge < -0.3 is 20.5 Å². The minimum atomic E-state index is -1.31. The van der Waals surface area contributed by atoms with Gasteiger partial charge in [0.15, 0.2) is 0 Å². The first-order chi connectivity index (χ1) is 18.3. The first kappa shape index (κ1) is 26.0. The first-order valence-electron chi connectivity index (χ1n) is 13.2. The number of benzene rings is 2. The highest BCUT2D eigenvalue weighted by atomic mass is 35.5. The van der Waals surface area contributed by atoms with E-state index >= 15 is 4.39 Å². The van der Waals surface area contributed by atoms with Crippen LogP contribution in [0.25, 0.3) is 0 Å². The van der Waals surface area contributed by atoms with Crippen molar-refractivity contribution in [2.75, 3.05) is 18.5 Å². The van der Waals surface area contributed by atoms with Crippen LogP contribution in [0.2, 0.25) is 10.0 Å². The molecule has 10 heteroatoms. The Balaban J connectivity index is 1.53. The summed E-state index contributed by atoms with van der Waals surface area (Å²) in [6.45, 7) is 0.787. The zero-order valence-corrected chi connectivity index (χ0v) is 22.2. The number of amides is 2. The van der Waals surface area contributed by atoms with Crippen LogP contribution in [0.5, 0.6) is 0 Å². The Kier molecular flexibility index (Phi) is 6.68. The minimum absolute atomic E-state index is 0.0688. The van der Waals surface area contributed by atoms with Crippen molar-refractivity contribution in [1.29, 1.82) is 0 Å². The summed E-state index contributed by atoms with van der Waals surface area (Å²) in [6, 6.07) is 8.94. The SMILES string of the molecule is O=C(N[C@H]1CC[C@H](O)CC1)[C@@H]1NC2(CCOCC2)[C@]2(C(=O)Nc3cc(Cl)ccc32)[C@H]1c1cccc(Cl)c1F. The van der Waals surface area contributed by atoms with E-state index in [-0.39, 0.29) is 34.5 Å². The van der Waals surface area contributed by atoms with E-state index in [1.165, 1.54) is 6.07 Å². The number of aliphatic hydroxyl groups is 1. The summed E-state index contributed by atoms with van der Waals surface area (Å²) in [5.74, 6) is -2.13. The second kappa shape index (κ2) is 9.75. The van der Waals surface area contributed by atoms with Gasteiger partial charge in [-0.2, -0.15) is 0 Å². The number of carbonyl (C=O) groups is 2. The van der Waals surface area contributed by atoms with Gasteiger partial charge in [-0.05, 0) is 67.9 Å². The maximum Gasteiger partial charge on any atom is 0.238 e. The van der Waals surface area contributed by atoms with Gasteiger partial charge in [0.25, 0.3) is 0 Å². The van der Waals surface area contributed by atoms with Gasteiger partial charge in [0.1, 0.15) is 11.2 Å². The molecule has 6 rings (SSSR count). The van der Waals surface area contributed by atoms with Crippen LogP contribution in [0.1, 0.15) is 55.6 Å². The Labute approximate surface area is 230 Å². The summed E-state index contributed by atoms with van der Waals surface area (Å²) in [5.41, 5.74) is -0.733. The third-order valence-electron chi connectivity index (χ3n) is 8.99. The summed E-state index contributed by atoms with van der Waals surface area (Å²) in [7, 11) is 0. The Morgan fingerprint density at radius 2 is 1.84 bits per heavy atom. The quantitative estimate of drug-likeness (QED) is 0.453. The van der Waals surface area contributed by atoms with E-state index in [0.717, 1.165) is 0 Å². The molecule has 0 aromatic heterocycles. The van der Waals surface area contributed by atoms with Crippen LogP contribution in [0.4, 0.5) is 10.1 Å². The summed E-state index contributed by atoms with van der Waals surface area (Å²) >= 11 is 12.6. The lowest BCUT2D eigenvalue weighted by atomic mass is 9.57. The lowest BCUT2D eigenvalue weighted by Gasteiger charge is -2.46. The zero-order chi connectivity index (χ0) is 26.7. The maximum atomic E-state index is 15.9. The van der Waals surface area contributed by atoms with E-state index in [9.17, 15) is 14.7 Å². The number of hydrogen-bond donors (Lipinski definition) is 4. The maximum absolute atomic E-state index is 15.9. The molecule has 7 nitrogen and oxygen atoms in total. The van der Waals surface area contributed by atoms with E-state index in [4.69, 9.17) is 27.9 Å². The molecule has 2 spiro atoms. The third kappa shape index (κ3) is 3.87. The van der Waals surface area contributed by atoms with E-state index in [0.29, 0.717) is 68.0 Å². The normalized spacial score (nSPS) is 31.8. The van der Waals surface area contributed by atoms with Crippen LogP contribution in [0.3, 0.4) is 0 Å². The molecule has 1 aliphatic carbocycles. The van der Waals surface area contributed by atoms with Gasteiger partial charge in [0.2, 0.25) is 11.8 Å². The molecule has 3 atom stereocenters. The van der Waals surface area contributed by atoms with E-state index in [1.807, 2.05) is 6.07 Å². The molecule has 4 N–H and O–H groups in total. The monoisotopic (exact) mass is 561 g/mol. The van der Waals surface area contributed by atoms with Gasteiger partial charge in [0.05, 0.1) is 17.2 Å². The van der Waals surface area contributed by atoms with Crippen molar-refractivity contribution < 1.29 is 23.8 Å². The van der Waals surface area contributed by atoms with Crippen molar-refractivity contribution in [3.63, 3.8) is 0 Å². The van der Waals surface area contributed by atoms with Crippen LogP contribution in [-0.2, 0) is 19.7 Å². The summed E-state index contributed by atoms with van der Waals surface area (Å²) in [5, 5.41) is 20.0. The van der Waals surface area contributed by atoms with Crippen LogP contribution < -0.4 is 16.0 Å². The van der Waals surface area contributed by atoms with Gasteiger partial charge in [-0.3, -0.25) is 14.9 Å². The molecule has 1 saturated carbocycles. The molecule has 2 aromatic carbocycles. The molecule has 202 valence electrons. The summed E-state index contributed by atoms with van der Waals surface area (Å²) in [4.78, 5) is 28.3. The topological polar surface area (TPSA) is 99.7 Å². The largest absolute Gasteiger partial charge is 0.393 e. The highest BCUT2D eigenvalue weighted by molar-refractivity contribution is 6.31. The Morgan fingerprint density at radius 1 is 1.11 bits per heavy atom. The molecule has 0 radical (unpaired) electrons. The average Bonchev–Trinajstić information content (AvgIpc) is 3.35. The fourth-order valence-corrected chi connectivity index (χ4v) is 7.65. The second-order valence-corrected chi connectivity index (χ2v) is 11.7. The number of carbonyl (C=O) groups excluding carboxylic acids is 2. The van der Waals surface area contributed by atoms with Gasteiger partial charge in [-0.15, -0.1) is 0 Å². The van der Waals surface area contributed by atoms with Crippen LogP contribution in [0, 0.1) is 5.82 Å². The number of ether oxygens (including phenoxy) is 1. The number of aliphatic hydroxyl groups excluding tert-OH is 1. The Hall–Kier alpha value is -2.23. The van der Waals surface area contributed by atoms with Gasteiger partial charge in [-0.25, -0.2) is 4.39 Å². The molecular weight excluding hydrogens is 532 g/mol. The standard InChI is InChI=1S/C28H30Cl2FN3O4/c29-15-4-9-19-21(14-15)33-26(37)28(19)22(18-2-1-3-20(30)23(18)31)24(34-27(28)10-12-38-13-11-27)25(36)32-16-5-7-17(35)8-6-16/h1-4,9,14,16-17,22,24,34-35H,5-8,10-13H2,(H,32,36)(H,33,37)/t16-,17-,22-,24+,28-/m0/s1. The molecule has 0 unspecified atom stereocenters. The molecule has 4 aliphatic rings. The van der Waals surface area contributed by atoms with Crippen LogP contribution >= 0.6 is 23.2 Å². The first-order valence-corrected chi connectivity index (χ1v) is 13.9. The number of fused-ring (bicyclic) bond motifs is 3. The number of hydrogen-bond acceptors (Lipinski definition) is 5. The highest BCUT2D eigenvalue weighted by Gasteiger charge is 2.72. The van der Waals surface area contributed by atoms with Crippen molar-refractivity contribution in [2.45, 2.75) is 73.6 Å². The van der Waals surface area contributed by atoms with E-state index in [1.54, 1.807) is 24.3 Å². The second-order valence-electron chi connectivity index (χ2n) is 10.9. The molecule has 3 fully saturated rings. The smallest absolute Gasteiger partial charge is 0.238 e. The van der Waals surface area contributed by atoms with Gasteiger partial charge in [-0.1, -0.05) is 41.4 Å². The molecule has 2 aromatic rings. The van der Waals surface area contributed by atoms with Gasteiger partial charge >= 0.3 is 0 Å². The molecule has 38 heavy (non-hydrogen) atoms. The number of nitrogens with one attached hydrogen (secondary N) is 3. The molecule has 0 bridgehead atoms. The third-order valence-corrected chi connectivity index (χ3v) is 9.51. The number of anilines is 1. The molecule has 2 amide bonds. The predicted molar refractivity (Wildman–Crippen MR) is 142 cm³/mol. The molecule has 3 heterocycles. The van der Waals surface area contributed by atoms with E-state index < -0.39 is 28.7 Å². The fourth-order valence-electron chi connectivity index (χ4n) is 7.29. The van der Waals surface area contributed by atoms with Crippen molar-refractivity contribution in [1.82, 2.24) is 10.6 Å². The van der Waals surface area contributed by atoms with Crippen molar-refractivity contribution in [3.8, 4) is 0 Å². The Morgan fingerprint density at radius 3 is 2.58 bits per heavy atom. The van der Waals surface area contributed by atoms with Gasteiger partial charge in [0, 0.05) is 41.4 Å². The molecular formula is C28H30Cl2FN3O4. The zero-order valence-electron chi connectivity index (χ0n) is 20.7. The summed E-state index contributed by atoms with van der Waals surface area (Å²) in [6.07, 6.45) is 3.08. The van der Waals surface area contributed by atoms with Crippen LogP contribution in [0.15, 0.2) is 36.4 Å². The lowest BCUT2D eigenvalue weighted by molar-refractivity contribution is -0.125. The van der Waals surface area contributed by atoms with Crippen molar-refractivity contribution in [3.05, 3.63) is 63.4 Å². The molecule has 2 saturated heterocycles. The number of rotatable bonds is 3. The van der Waals surface area contributed by atoms with Crippen molar-refractivity contribution in [2.24, 2.45) is 0 Å². The Bertz CT molecular complexity index is 1280. The fraction of sp³-hybridized carbons (Fsp3) is 0.500. The predicted octanol–water partition coefficient (Wildman–Crippen LogP) is 4.05. The lowest BCUT2D eigenvalue weighted by Crippen LogP contribution is -2.62. The minimum Gasteiger partial charge on any atom is -0.393 e. The summed E-state index contributed by atoms with van der Waals surface area (Å²) < 4.78 is 21.6.